The molecule has 0 fully saturated rings. The van der Waals surface area contributed by atoms with Crippen molar-refractivity contribution in [3.63, 3.8) is 0 Å². The van der Waals surface area contributed by atoms with Gasteiger partial charge >= 0.3 is 0 Å². The molecule has 0 spiro atoms. The van der Waals surface area contributed by atoms with E-state index < -0.39 is 0 Å². The average molecular weight is 185 g/mol. The lowest BCUT2D eigenvalue weighted by molar-refractivity contribution is 0.463. The van der Waals surface area contributed by atoms with Gasteiger partial charge in [0.05, 0.1) is 14.1 Å². The third-order valence-electron chi connectivity index (χ3n) is 2.00. The van der Waals surface area contributed by atoms with E-state index in [9.17, 15) is 0 Å². The molecule has 0 amide bonds. The van der Waals surface area contributed by atoms with Crippen molar-refractivity contribution in [2.45, 2.75) is 6.92 Å². The summed E-state index contributed by atoms with van der Waals surface area (Å²) >= 11 is 5.85. The van der Waals surface area contributed by atoms with E-state index in [2.05, 4.69) is 45.3 Å². The highest BCUT2D eigenvalue weighted by atomic mass is 35.5. The molecule has 0 aliphatic heterocycles. The van der Waals surface area contributed by atoms with E-state index in [0.717, 1.165) is 4.48 Å². The number of hydrogen-bond acceptors (Lipinski definition) is 0. The Kier molecular flexibility index (Phi) is 2.76. The van der Waals surface area contributed by atoms with Crippen molar-refractivity contribution in [2.24, 2.45) is 0 Å². The molecule has 1 aromatic carbocycles. The number of halogens is 1. The molecule has 0 saturated heterocycles. The van der Waals surface area contributed by atoms with Crippen LogP contribution in [0.4, 0.5) is 5.69 Å². The first-order valence-electron chi connectivity index (χ1n) is 4.02. The van der Waals surface area contributed by atoms with Crippen LogP contribution in [0.15, 0.2) is 24.3 Å². The minimum absolute atomic E-state index is 0.601. The minimum atomic E-state index is 0.601. The number of nitrogens with zero attached hydrogens (tertiary/aromatic N) is 1. The zero-order valence-corrected chi connectivity index (χ0v) is 8.60. The van der Waals surface area contributed by atoms with Gasteiger partial charge in [-0.2, -0.15) is 0 Å². The van der Waals surface area contributed by atoms with Crippen LogP contribution in [-0.4, -0.2) is 20.1 Å². The third-order valence-corrected chi connectivity index (χ3v) is 2.60. The van der Waals surface area contributed by atoms with Crippen LogP contribution in [0.3, 0.4) is 0 Å². The molecule has 0 unspecified atom stereocenters. The second-order valence-electron chi connectivity index (χ2n) is 3.64. The van der Waals surface area contributed by atoms with Gasteiger partial charge in [-0.3, -0.25) is 4.48 Å². The van der Waals surface area contributed by atoms with E-state index in [1.165, 1.54) is 11.3 Å². The predicted molar refractivity (Wildman–Crippen MR) is 55.5 cm³/mol. The smallest absolute Gasteiger partial charge is 0.159 e. The minimum Gasteiger partial charge on any atom is -0.283 e. The number of alkyl halides is 1. The molecule has 0 aliphatic rings. The molecule has 1 rings (SSSR count). The van der Waals surface area contributed by atoms with Gasteiger partial charge in [-0.1, -0.05) is 23.7 Å². The van der Waals surface area contributed by atoms with Crippen molar-refractivity contribution in [1.29, 1.82) is 0 Å². The summed E-state index contributed by atoms with van der Waals surface area (Å²) in [6.45, 7) is 2.09. The number of hydrogen-bond donors (Lipinski definition) is 0. The van der Waals surface area contributed by atoms with Crippen LogP contribution in [0.25, 0.3) is 0 Å². The monoisotopic (exact) mass is 184 g/mol. The lowest BCUT2D eigenvalue weighted by Gasteiger charge is -2.26. The first-order chi connectivity index (χ1) is 5.56. The molecule has 12 heavy (non-hydrogen) atoms. The summed E-state index contributed by atoms with van der Waals surface area (Å²) in [4.78, 5) is 0. The van der Waals surface area contributed by atoms with Crippen LogP contribution < -0.4 is 4.48 Å². The summed E-state index contributed by atoms with van der Waals surface area (Å²) in [6.07, 6.45) is 0. The number of aryl methyl sites for hydroxylation is 1. The average Bonchev–Trinajstić information content (AvgIpc) is 2.05. The Bertz CT molecular complexity index is 268. The first-order valence-corrected chi connectivity index (χ1v) is 4.56. The fraction of sp³-hybridized carbons (Fsp3) is 0.400. The molecule has 0 radical (unpaired) electrons. The van der Waals surface area contributed by atoms with Gasteiger partial charge in [0, 0.05) is 6.07 Å². The van der Waals surface area contributed by atoms with E-state index in [1.54, 1.807) is 0 Å². The molecule has 1 nitrogen and oxygen atoms in total. The molecule has 0 saturated carbocycles. The van der Waals surface area contributed by atoms with Crippen molar-refractivity contribution in [2.75, 3.05) is 20.1 Å². The largest absolute Gasteiger partial charge is 0.283 e. The van der Waals surface area contributed by atoms with Crippen LogP contribution in [0, 0.1) is 6.92 Å². The Labute approximate surface area is 79.2 Å². The van der Waals surface area contributed by atoms with E-state index in [-0.39, 0.29) is 0 Å². The maximum absolute atomic E-state index is 5.85. The summed E-state index contributed by atoms with van der Waals surface area (Å²) in [5, 5.41) is 0. The lowest BCUT2D eigenvalue weighted by Crippen LogP contribution is -2.38. The van der Waals surface area contributed by atoms with Gasteiger partial charge in [0.15, 0.2) is 6.00 Å². The summed E-state index contributed by atoms with van der Waals surface area (Å²) in [7, 11) is 4.20. The SMILES string of the molecule is Cc1cccc([N+](C)(C)CCl)c1. The fourth-order valence-electron chi connectivity index (χ4n) is 1.07. The quantitative estimate of drug-likeness (QED) is 0.377. The molecule has 1 aromatic rings. The number of benzene rings is 1. The Morgan fingerprint density at radius 1 is 1.33 bits per heavy atom. The van der Waals surface area contributed by atoms with E-state index >= 15 is 0 Å². The standard InChI is InChI=1S/C10H15ClN/c1-9-5-4-6-10(7-9)12(2,3)8-11/h4-7H,8H2,1-3H3/q+1. The molecule has 0 heterocycles. The zero-order chi connectivity index (χ0) is 9.19. The highest BCUT2D eigenvalue weighted by Crippen LogP contribution is 2.20. The van der Waals surface area contributed by atoms with Crippen LogP contribution >= 0.6 is 11.6 Å². The summed E-state index contributed by atoms with van der Waals surface area (Å²) in [5.41, 5.74) is 2.54. The maximum atomic E-state index is 5.85. The van der Waals surface area contributed by atoms with Gasteiger partial charge in [-0.25, -0.2) is 0 Å². The molecule has 0 bridgehead atoms. The van der Waals surface area contributed by atoms with Gasteiger partial charge in [-0.05, 0) is 18.6 Å². The van der Waals surface area contributed by atoms with E-state index in [0.29, 0.717) is 6.00 Å². The van der Waals surface area contributed by atoms with Crippen molar-refractivity contribution >= 4 is 17.3 Å². The van der Waals surface area contributed by atoms with Gasteiger partial charge in [0.2, 0.25) is 0 Å². The topological polar surface area (TPSA) is 0 Å². The molecule has 0 atom stereocenters. The fourth-order valence-corrected chi connectivity index (χ4v) is 1.21. The second-order valence-corrected chi connectivity index (χ2v) is 3.88. The number of rotatable bonds is 2. The highest BCUT2D eigenvalue weighted by molar-refractivity contribution is 6.18. The normalized spacial score (nSPS) is 11.7. The molecular formula is C10H15ClN+. The zero-order valence-electron chi connectivity index (χ0n) is 7.84. The Morgan fingerprint density at radius 2 is 2.00 bits per heavy atom. The molecule has 0 N–H and O–H groups in total. The predicted octanol–water partition coefficient (Wildman–Crippen LogP) is 2.76. The Balaban J connectivity index is 3.03. The van der Waals surface area contributed by atoms with Crippen molar-refractivity contribution in [3.8, 4) is 0 Å². The van der Waals surface area contributed by atoms with Crippen LogP contribution in [0.1, 0.15) is 5.56 Å². The van der Waals surface area contributed by atoms with Crippen LogP contribution in [-0.2, 0) is 0 Å². The summed E-state index contributed by atoms with van der Waals surface area (Å²) in [6, 6.07) is 9.04. The molecule has 66 valence electrons. The Morgan fingerprint density at radius 3 is 2.50 bits per heavy atom. The summed E-state index contributed by atoms with van der Waals surface area (Å²) in [5.74, 6) is 0. The van der Waals surface area contributed by atoms with Crippen LogP contribution in [0.5, 0.6) is 0 Å². The van der Waals surface area contributed by atoms with Gasteiger partial charge in [0.25, 0.3) is 0 Å². The van der Waals surface area contributed by atoms with Crippen molar-refractivity contribution < 1.29 is 0 Å². The molecular weight excluding hydrogens is 170 g/mol. The molecule has 0 aromatic heterocycles. The van der Waals surface area contributed by atoms with Gasteiger partial charge < -0.3 is 0 Å². The first kappa shape index (κ1) is 9.56. The molecule has 0 aliphatic carbocycles. The highest BCUT2D eigenvalue weighted by Gasteiger charge is 2.16. The molecule has 2 heteroatoms. The Hall–Kier alpha value is -0.530. The van der Waals surface area contributed by atoms with E-state index in [4.69, 9.17) is 11.6 Å². The van der Waals surface area contributed by atoms with Crippen molar-refractivity contribution in [3.05, 3.63) is 29.8 Å². The van der Waals surface area contributed by atoms with E-state index in [1.807, 2.05) is 0 Å². The van der Waals surface area contributed by atoms with Crippen molar-refractivity contribution in [1.82, 2.24) is 4.48 Å². The lowest BCUT2D eigenvalue weighted by atomic mass is 10.2. The van der Waals surface area contributed by atoms with Gasteiger partial charge in [-0.15, -0.1) is 0 Å². The summed E-state index contributed by atoms with van der Waals surface area (Å²) < 4.78 is 0.725. The number of quaternary nitrogens is 1. The van der Waals surface area contributed by atoms with Crippen LogP contribution in [0.2, 0.25) is 0 Å². The third kappa shape index (κ3) is 1.99. The van der Waals surface area contributed by atoms with Gasteiger partial charge in [0.1, 0.15) is 5.69 Å². The maximum Gasteiger partial charge on any atom is 0.159 e. The second kappa shape index (κ2) is 3.46.